The molecule has 204 valence electrons. The van der Waals surface area contributed by atoms with E-state index in [2.05, 4.69) is 16.7 Å². The second-order valence-electron chi connectivity index (χ2n) is 10.1. The molecule has 41 heavy (non-hydrogen) atoms. The number of carbonyl (C=O) groups is 2. The third kappa shape index (κ3) is 5.80. The maximum Gasteiger partial charge on any atom is 0.305 e. The average molecular weight is 544 g/mol. The van der Waals surface area contributed by atoms with Crippen LogP contribution in [0.15, 0.2) is 85.1 Å². The minimum atomic E-state index is -1.01. The second-order valence-corrected chi connectivity index (χ2v) is 10.1. The van der Waals surface area contributed by atoms with Gasteiger partial charge in [0.2, 0.25) is 0 Å². The molecule has 3 N–H and O–H groups in total. The zero-order valence-corrected chi connectivity index (χ0v) is 23.0. The second kappa shape index (κ2) is 11.4. The topological polar surface area (TPSA) is 120 Å². The summed E-state index contributed by atoms with van der Waals surface area (Å²) < 4.78 is 1.88. The summed E-state index contributed by atoms with van der Waals surface area (Å²) in [5.41, 5.74) is 7.78. The molecule has 0 radical (unpaired) electrons. The van der Waals surface area contributed by atoms with Crippen molar-refractivity contribution in [2.75, 3.05) is 5.32 Å². The number of pyridine rings is 1. The third-order valence-electron chi connectivity index (χ3n) is 7.06. The Balaban J connectivity index is 1.55. The summed E-state index contributed by atoms with van der Waals surface area (Å²) in [6.45, 7) is 6.01. The molecule has 1 unspecified atom stereocenters. The van der Waals surface area contributed by atoms with Crippen molar-refractivity contribution in [3.05, 3.63) is 118 Å². The predicted octanol–water partition coefficient (Wildman–Crippen LogP) is 6.49. The van der Waals surface area contributed by atoms with E-state index in [1.54, 1.807) is 30.5 Å². The number of aromatic nitrogens is 2. The van der Waals surface area contributed by atoms with E-state index in [4.69, 9.17) is 4.98 Å². The van der Waals surface area contributed by atoms with E-state index < -0.39 is 17.9 Å². The van der Waals surface area contributed by atoms with Gasteiger partial charge in [-0.2, -0.15) is 5.26 Å². The Morgan fingerprint density at radius 2 is 1.66 bits per heavy atom. The fourth-order valence-corrected chi connectivity index (χ4v) is 4.81. The van der Waals surface area contributed by atoms with E-state index in [0.29, 0.717) is 22.5 Å². The molecular weight excluding hydrogens is 514 g/mol. The lowest BCUT2D eigenvalue weighted by Gasteiger charge is -2.18. The van der Waals surface area contributed by atoms with Gasteiger partial charge >= 0.3 is 5.97 Å². The number of imidazole rings is 1. The Bertz CT molecular complexity index is 1780. The number of hydrogen-bond acceptors (Lipinski definition) is 5. The van der Waals surface area contributed by atoms with E-state index >= 15 is 0 Å². The molecule has 5 aromatic rings. The third-order valence-corrected chi connectivity index (χ3v) is 7.06. The zero-order chi connectivity index (χ0) is 29.1. The normalized spacial score (nSPS) is 11.6. The number of nitrogens with one attached hydrogen (secondary N) is 2. The molecule has 0 saturated carbocycles. The van der Waals surface area contributed by atoms with Crippen molar-refractivity contribution in [2.45, 2.75) is 33.2 Å². The van der Waals surface area contributed by atoms with Crippen molar-refractivity contribution in [1.29, 1.82) is 5.26 Å². The number of rotatable bonds is 8. The maximum atomic E-state index is 13.3. The smallest absolute Gasteiger partial charge is 0.305 e. The highest BCUT2D eigenvalue weighted by molar-refractivity contribution is 5.96. The largest absolute Gasteiger partial charge is 0.481 e. The summed E-state index contributed by atoms with van der Waals surface area (Å²) in [7, 11) is 0. The number of aliphatic carboxylic acids is 1. The molecule has 0 fully saturated rings. The zero-order valence-electron chi connectivity index (χ0n) is 23.0. The maximum absolute atomic E-state index is 13.3. The van der Waals surface area contributed by atoms with Gasteiger partial charge in [0.25, 0.3) is 5.91 Å². The van der Waals surface area contributed by atoms with E-state index in [0.717, 1.165) is 39.3 Å². The number of aryl methyl sites for hydroxylation is 3. The van der Waals surface area contributed by atoms with Crippen LogP contribution in [0.5, 0.6) is 0 Å². The molecule has 0 aliphatic carbocycles. The van der Waals surface area contributed by atoms with Crippen LogP contribution in [0.25, 0.3) is 16.9 Å². The van der Waals surface area contributed by atoms with Crippen molar-refractivity contribution in [3.8, 4) is 17.3 Å². The number of para-hydroxylation sites is 1. The Labute approximate surface area is 237 Å². The van der Waals surface area contributed by atoms with Crippen molar-refractivity contribution < 1.29 is 14.7 Å². The Morgan fingerprint density at radius 1 is 0.976 bits per heavy atom. The summed E-state index contributed by atoms with van der Waals surface area (Å²) in [6.07, 6.45) is 1.53. The SMILES string of the molecule is Cc1ccc(C(CC(=O)O)NC(=O)c2ccn3c(Nc4c(C)cccc4C)c(-c4ccc(C#N)cc4)nc3c2)cc1. The molecule has 2 heterocycles. The molecular formula is C33H29N5O3. The van der Waals surface area contributed by atoms with Crippen LogP contribution in [0.3, 0.4) is 0 Å². The molecule has 2 aromatic heterocycles. The van der Waals surface area contributed by atoms with Crippen molar-refractivity contribution >= 4 is 29.0 Å². The van der Waals surface area contributed by atoms with Crippen LogP contribution in [0.4, 0.5) is 11.5 Å². The predicted molar refractivity (Wildman–Crippen MR) is 158 cm³/mol. The number of benzene rings is 3. The Kier molecular flexibility index (Phi) is 7.53. The minimum absolute atomic E-state index is 0.243. The standard InChI is InChI=1S/C33H29N5O3/c1-20-7-11-24(12-8-20)27(18-29(39)40)35-33(41)26-15-16-38-28(17-26)36-31(25-13-9-23(19-34)10-14-25)32(38)37-30-21(2)5-4-6-22(30)3/h4-17,27,37H,18H2,1-3H3,(H,35,41)(H,39,40). The number of nitriles is 1. The van der Waals surface area contributed by atoms with E-state index in [1.165, 1.54) is 0 Å². The molecule has 0 saturated heterocycles. The van der Waals surface area contributed by atoms with Crippen LogP contribution in [0.1, 0.15) is 50.6 Å². The molecule has 1 atom stereocenters. The summed E-state index contributed by atoms with van der Waals surface area (Å²) in [6, 6.07) is 25.5. The number of hydrogen-bond donors (Lipinski definition) is 3. The van der Waals surface area contributed by atoms with Gasteiger partial charge in [0.15, 0.2) is 0 Å². The number of fused-ring (bicyclic) bond motifs is 1. The quantitative estimate of drug-likeness (QED) is 0.206. The lowest BCUT2D eigenvalue weighted by atomic mass is 10.0. The van der Waals surface area contributed by atoms with Gasteiger partial charge in [0.05, 0.1) is 24.1 Å². The molecule has 0 aliphatic heterocycles. The highest BCUT2D eigenvalue weighted by Gasteiger charge is 2.21. The lowest BCUT2D eigenvalue weighted by Crippen LogP contribution is -2.30. The number of amides is 1. The van der Waals surface area contributed by atoms with Crippen molar-refractivity contribution in [1.82, 2.24) is 14.7 Å². The molecule has 8 nitrogen and oxygen atoms in total. The highest BCUT2D eigenvalue weighted by atomic mass is 16.4. The van der Waals surface area contributed by atoms with Crippen LogP contribution < -0.4 is 10.6 Å². The van der Waals surface area contributed by atoms with Crippen LogP contribution >= 0.6 is 0 Å². The van der Waals surface area contributed by atoms with E-state index in [-0.39, 0.29) is 6.42 Å². The van der Waals surface area contributed by atoms with Gasteiger partial charge in [-0.3, -0.25) is 14.0 Å². The molecule has 0 spiro atoms. The summed E-state index contributed by atoms with van der Waals surface area (Å²) in [5.74, 6) is -0.683. The number of anilines is 2. The van der Waals surface area contributed by atoms with Gasteiger partial charge in [-0.15, -0.1) is 0 Å². The van der Waals surface area contributed by atoms with Gasteiger partial charge in [-0.1, -0.05) is 60.2 Å². The summed E-state index contributed by atoms with van der Waals surface area (Å²) in [4.78, 5) is 29.8. The molecule has 8 heteroatoms. The Morgan fingerprint density at radius 3 is 2.29 bits per heavy atom. The first kappa shape index (κ1) is 27.2. The summed E-state index contributed by atoms with van der Waals surface area (Å²) >= 11 is 0. The number of carbonyl (C=O) groups excluding carboxylic acids is 1. The fraction of sp³-hybridized carbons (Fsp3) is 0.152. The van der Waals surface area contributed by atoms with E-state index in [9.17, 15) is 20.0 Å². The first-order valence-electron chi connectivity index (χ1n) is 13.2. The number of carboxylic acids is 1. The number of nitrogens with zero attached hydrogens (tertiary/aromatic N) is 3. The van der Waals surface area contributed by atoms with Gasteiger partial charge < -0.3 is 15.7 Å². The molecule has 5 rings (SSSR count). The van der Waals surface area contributed by atoms with Gasteiger partial charge in [0.1, 0.15) is 17.2 Å². The van der Waals surface area contributed by atoms with E-state index in [1.807, 2.05) is 79.8 Å². The van der Waals surface area contributed by atoms with Crippen LogP contribution in [0, 0.1) is 32.1 Å². The molecule has 0 bridgehead atoms. The van der Waals surface area contributed by atoms with Crippen LogP contribution in [-0.2, 0) is 4.79 Å². The Hall–Kier alpha value is -5.42. The van der Waals surface area contributed by atoms with Gasteiger partial charge in [-0.25, -0.2) is 4.98 Å². The molecule has 3 aromatic carbocycles. The first-order chi connectivity index (χ1) is 19.7. The van der Waals surface area contributed by atoms with Crippen molar-refractivity contribution in [3.63, 3.8) is 0 Å². The van der Waals surface area contributed by atoms with Gasteiger partial charge in [-0.05, 0) is 61.7 Å². The lowest BCUT2D eigenvalue weighted by molar-refractivity contribution is -0.137. The molecule has 1 amide bonds. The molecule has 0 aliphatic rings. The number of carboxylic acid groups (broad SMARTS) is 1. The first-order valence-corrected chi connectivity index (χ1v) is 13.2. The van der Waals surface area contributed by atoms with Crippen LogP contribution in [-0.4, -0.2) is 26.4 Å². The van der Waals surface area contributed by atoms with Gasteiger partial charge in [0, 0.05) is 23.0 Å². The van der Waals surface area contributed by atoms with Crippen molar-refractivity contribution in [2.24, 2.45) is 0 Å². The monoisotopic (exact) mass is 543 g/mol. The van der Waals surface area contributed by atoms with Crippen LogP contribution in [0.2, 0.25) is 0 Å². The highest BCUT2D eigenvalue weighted by Crippen LogP contribution is 2.34. The summed E-state index contributed by atoms with van der Waals surface area (Å²) in [5, 5.41) is 25.2. The average Bonchev–Trinajstić information content (AvgIpc) is 3.32. The minimum Gasteiger partial charge on any atom is -0.481 e. The fourth-order valence-electron chi connectivity index (χ4n) is 4.81.